The van der Waals surface area contributed by atoms with Gasteiger partial charge in [0.25, 0.3) is 5.91 Å². The second kappa shape index (κ2) is 7.48. The van der Waals surface area contributed by atoms with E-state index in [1.54, 1.807) is 30.3 Å². The molecule has 28 heavy (non-hydrogen) atoms. The van der Waals surface area contributed by atoms with Gasteiger partial charge in [-0.25, -0.2) is 4.98 Å². The van der Waals surface area contributed by atoms with Crippen molar-refractivity contribution < 1.29 is 9.53 Å². The van der Waals surface area contributed by atoms with Gasteiger partial charge < -0.3 is 10.1 Å². The van der Waals surface area contributed by atoms with Crippen LogP contribution in [-0.2, 0) is 13.6 Å². The molecular weight excluding hydrogens is 354 g/mol. The zero-order chi connectivity index (χ0) is 19.5. The van der Waals surface area contributed by atoms with E-state index in [1.165, 1.54) is 0 Å². The van der Waals surface area contributed by atoms with Crippen molar-refractivity contribution >= 4 is 16.9 Å². The molecule has 0 atom stereocenters. The monoisotopic (exact) mass is 373 g/mol. The number of fused-ring (bicyclic) bond motifs is 1. The van der Waals surface area contributed by atoms with Gasteiger partial charge in [0.2, 0.25) is 0 Å². The van der Waals surface area contributed by atoms with E-state index in [0.717, 1.165) is 17.0 Å². The molecule has 3 heterocycles. The third-order valence-corrected chi connectivity index (χ3v) is 4.49. The first kappa shape index (κ1) is 17.7. The van der Waals surface area contributed by atoms with Crippen LogP contribution in [0.15, 0.2) is 60.9 Å². The number of ether oxygens (including phenoxy) is 1. The van der Waals surface area contributed by atoms with Crippen molar-refractivity contribution in [1.82, 2.24) is 25.1 Å². The van der Waals surface area contributed by atoms with Gasteiger partial charge in [-0.1, -0.05) is 6.07 Å². The first-order valence-corrected chi connectivity index (χ1v) is 8.81. The molecule has 1 N–H and O–H groups in total. The van der Waals surface area contributed by atoms with Crippen LogP contribution < -0.4 is 10.1 Å². The number of methoxy groups -OCH3 is 1. The predicted molar refractivity (Wildman–Crippen MR) is 106 cm³/mol. The summed E-state index contributed by atoms with van der Waals surface area (Å²) >= 11 is 0. The van der Waals surface area contributed by atoms with Crippen LogP contribution in [0.2, 0.25) is 0 Å². The lowest BCUT2D eigenvalue weighted by Crippen LogP contribution is -2.23. The van der Waals surface area contributed by atoms with Crippen molar-refractivity contribution in [3.05, 3.63) is 72.2 Å². The van der Waals surface area contributed by atoms with Crippen LogP contribution in [-0.4, -0.2) is 32.8 Å². The molecule has 1 aromatic carbocycles. The Morgan fingerprint density at radius 3 is 2.71 bits per heavy atom. The van der Waals surface area contributed by atoms with E-state index in [9.17, 15) is 4.79 Å². The van der Waals surface area contributed by atoms with Crippen LogP contribution in [0.1, 0.15) is 16.1 Å². The van der Waals surface area contributed by atoms with Crippen molar-refractivity contribution in [2.45, 2.75) is 6.54 Å². The van der Waals surface area contributed by atoms with Gasteiger partial charge in [-0.15, -0.1) is 0 Å². The average Bonchev–Trinajstić information content (AvgIpc) is 3.13. The fourth-order valence-corrected chi connectivity index (χ4v) is 2.98. The molecule has 0 saturated carbocycles. The molecular formula is C21H19N5O2. The highest BCUT2D eigenvalue weighted by atomic mass is 16.5. The molecule has 0 aliphatic rings. The smallest absolute Gasteiger partial charge is 0.252 e. The maximum absolute atomic E-state index is 12.9. The highest BCUT2D eigenvalue weighted by Crippen LogP contribution is 2.26. The van der Waals surface area contributed by atoms with E-state index in [-0.39, 0.29) is 5.91 Å². The first-order valence-electron chi connectivity index (χ1n) is 8.81. The topological polar surface area (TPSA) is 81.9 Å². The number of carbonyl (C=O) groups excluding carboxylic acids is 1. The number of aryl methyl sites for hydroxylation is 1. The first-order chi connectivity index (χ1) is 13.7. The second-order valence-corrected chi connectivity index (χ2v) is 6.29. The molecule has 0 saturated heterocycles. The molecule has 7 heteroatoms. The van der Waals surface area contributed by atoms with E-state index < -0.39 is 0 Å². The predicted octanol–water partition coefficient (Wildman–Crippen LogP) is 2.97. The Morgan fingerprint density at radius 1 is 1.18 bits per heavy atom. The van der Waals surface area contributed by atoms with Crippen molar-refractivity contribution in [3.63, 3.8) is 0 Å². The molecule has 140 valence electrons. The third kappa shape index (κ3) is 3.42. The largest absolute Gasteiger partial charge is 0.497 e. The lowest BCUT2D eigenvalue weighted by molar-refractivity contribution is 0.0952. The van der Waals surface area contributed by atoms with Crippen LogP contribution in [0.4, 0.5) is 0 Å². The number of rotatable bonds is 5. The number of hydrogen-bond donors (Lipinski definition) is 1. The second-order valence-electron chi connectivity index (χ2n) is 6.29. The van der Waals surface area contributed by atoms with Crippen LogP contribution in [0.25, 0.3) is 22.3 Å². The van der Waals surface area contributed by atoms with Crippen molar-refractivity contribution in [2.75, 3.05) is 7.11 Å². The van der Waals surface area contributed by atoms with Gasteiger partial charge in [0.15, 0.2) is 5.65 Å². The summed E-state index contributed by atoms with van der Waals surface area (Å²) in [5.74, 6) is 0.569. The standard InChI is InChI=1S/C21H19N5O2/c1-26-20-18(13-24-26)17(21(27)23-12-15-5-3-4-10-22-15)11-19(25-20)14-6-8-16(28-2)9-7-14/h3-11,13H,12H2,1-2H3,(H,23,27). The van der Waals surface area contributed by atoms with Gasteiger partial charge in [0.05, 0.1) is 42.2 Å². The minimum atomic E-state index is -0.194. The normalized spacial score (nSPS) is 10.8. The van der Waals surface area contributed by atoms with Gasteiger partial charge >= 0.3 is 0 Å². The van der Waals surface area contributed by atoms with Crippen molar-refractivity contribution in [3.8, 4) is 17.0 Å². The number of nitrogens with zero attached hydrogens (tertiary/aromatic N) is 4. The average molecular weight is 373 g/mol. The number of hydrogen-bond acceptors (Lipinski definition) is 5. The number of pyridine rings is 2. The minimum Gasteiger partial charge on any atom is -0.497 e. The van der Waals surface area contributed by atoms with Crippen molar-refractivity contribution in [1.29, 1.82) is 0 Å². The van der Waals surface area contributed by atoms with E-state index in [4.69, 9.17) is 4.74 Å². The molecule has 3 aromatic heterocycles. The number of carbonyl (C=O) groups is 1. The number of nitrogens with one attached hydrogen (secondary N) is 1. The summed E-state index contributed by atoms with van der Waals surface area (Å²) in [4.78, 5) is 21.8. The fourth-order valence-electron chi connectivity index (χ4n) is 2.98. The zero-order valence-electron chi connectivity index (χ0n) is 15.6. The maximum atomic E-state index is 12.9. The minimum absolute atomic E-state index is 0.194. The maximum Gasteiger partial charge on any atom is 0.252 e. The molecule has 0 aliphatic heterocycles. The molecule has 4 aromatic rings. The zero-order valence-corrected chi connectivity index (χ0v) is 15.6. The summed E-state index contributed by atoms with van der Waals surface area (Å²) < 4.78 is 6.88. The number of benzene rings is 1. The molecule has 0 unspecified atom stereocenters. The van der Waals surface area contributed by atoms with E-state index >= 15 is 0 Å². The van der Waals surface area contributed by atoms with Crippen molar-refractivity contribution in [2.24, 2.45) is 7.05 Å². The lowest BCUT2D eigenvalue weighted by atomic mass is 10.1. The van der Waals surface area contributed by atoms with Gasteiger partial charge in [-0.05, 0) is 42.5 Å². The molecule has 0 fully saturated rings. The van der Waals surface area contributed by atoms with Crippen LogP contribution in [0, 0.1) is 0 Å². The summed E-state index contributed by atoms with van der Waals surface area (Å²) in [7, 11) is 3.43. The SMILES string of the molecule is COc1ccc(-c2cc(C(=O)NCc3ccccn3)c3cnn(C)c3n2)cc1. The molecule has 0 aliphatic carbocycles. The Hall–Kier alpha value is -3.74. The van der Waals surface area contributed by atoms with E-state index in [2.05, 4.69) is 20.4 Å². The van der Waals surface area contributed by atoms with Crippen LogP contribution >= 0.6 is 0 Å². The van der Waals surface area contributed by atoms with Gasteiger partial charge in [0, 0.05) is 18.8 Å². The van der Waals surface area contributed by atoms with E-state index in [0.29, 0.717) is 28.8 Å². The summed E-state index contributed by atoms with van der Waals surface area (Å²) in [6.45, 7) is 0.349. The van der Waals surface area contributed by atoms with Crippen LogP contribution in [0.3, 0.4) is 0 Å². The summed E-state index contributed by atoms with van der Waals surface area (Å²) in [6, 6.07) is 15.0. The van der Waals surface area contributed by atoms with E-state index in [1.807, 2.05) is 49.5 Å². The van der Waals surface area contributed by atoms with Crippen LogP contribution in [0.5, 0.6) is 5.75 Å². The summed E-state index contributed by atoms with van der Waals surface area (Å²) in [5, 5.41) is 7.90. The Morgan fingerprint density at radius 2 is 2.00 bits per heavy atom. The Balaban J connectivity index is 1.71. The molecule has 7 nitrogen and oxygen atoms in total. The highest BCUT2D eigenvalue weighted by Gasteiger charge is 2.16. The summed E-state index contributed by atoms with van der Waals surface area (Å²) in [5.41, 5.74) is 3.56. The Labute approximate surface area is 162 Å². The Kier molecular flexibility index (Phi) is 4.72. The Bertz CT molecular complexity index is 1120. The van der Waals surface area contributed by atoms with Gasteiger partial charge in [-0.3, -0.25) is 14.5 Å². The molecule has 1 amide bonds. The number of amides is 1. The molecule has 4 rings (SSSR count). The lowest BCUT2D eigenvalue weighted by Gasteiger charge is -2.09. The quantitative estimate of drug-likeness (QED) is 0.582. The molecule has 0 bridgehead atoms. The highest BCUT2D eigenvalue weighted by molar-refractivity contribution is 6.06. The molecule has 0 spiro atoms. The van der Waals surface area contributed by atoms with Gasteiger partial charge in [0.1, 0.15) is 5.75 Å². The number of aromatic nitrogens is 4. The summed E-state index contributed by atoms with van der Waals surface area (Å²) in [6.07, 6.45) is 3.37. The third-order valence-electron chi connectivity index (χ3n) is 4.49. The van der Waals surface area contributed by atoms with Gasteiger partial charge in [-0.2, -0.15) is 5.10 Å². The molecule has 0 radical (unpaired) electrons. The fraction of sp³-hybridized carbons (Fsp3) is 0.143.